The van der Waals surface area contributed by atoms with Crippen molar-refractivity contribution in [3.8, 4) is 5.75 Å². The summed E-state index contributed by atoms with van der Waals surface area (Å²) in [6.45, 7) is 6.53. The summed E-state index contributed by atoms with van der Waals surface area (Å²) in [5.74, 6) is 1.59. The highest BCUT2D eigenvalue weighted by Crippen LogP contribution is 2.13. The molecular weight excluding hydrogens is 392 g/mol. The molecule has 3 rings (SSSR count). The maximum atomic E-state index is 12.0. The van der Waals surface area contributed by atoms with Crippen LogP contribution in [0.5, 0.6) is 5.75 Å². The van der Waals surface area contributed by atoms with Crippen molar-refractivity contribution < 1.29 is 13.9 Å². The van der Waals surface area contributed by atoms with E-state index in [1.54, 1.807) is 12.1 Å². The number of carbonyl (C=O) groups excluding carboxylic acids is 1. The highest BCUT2D eigenvalue weighted by atomic mass is 16.5. The van der Waals surface area contributed by atoms with Crippen molar-refractivity contribution in [2.45, 2.75) is 20.4 Å². The van der Waals surface area contributed by atoms with Crippen LogP contribution in [-0.4, -0.2) is 31.6 Å². The molecular formula is C24H28N4O3. The summed E-state index contributed by atoms with van der Waals surface area (Å²) in [6, 6.07) is 18.9. The first-order chi connectivity index (χ1) is 15.1. The van der Waals surface area contributed by atoms with Crippen LogP contribution in [0.15, 0.2) is 76.3 Å². The highest BCUT2D eigenvalue weighted by molar-refractivity contribution is 6.02. The van der Waals surface area contributed by atoms with E-state index in [4.69, 9.17) is 9.15 Å². The molecule has 0 bridgehead atoms. The Morgan fingerprint density at radius 2 is 1.81 bits per heavy atom. The number of anilines is 1. The topological polar surface area (TPSA) is 87.9 Å². The van der Waals surface area contributed by atoms with Crippen LogP contribution >= 0.6 is 0 Å². The number of aliphatic imine (C=N–C) groups is 1. The third kappa shape index (κ3) is 7.22. The van der Waals surface area contributed by atoms with Crippen molar-refractivity contribution in [2.24, 2.45) is 4.99 Å². The van der Waals surface area contributed by atoms with E-state index < -0.39 is 0 Å². The second kappa shape index (κ2) is 11.4. The van der Waals surface area contributed by atoms with Gasteiger partial charge in [-0.15, -0.1) is 0 Å². The largest absolute Gasteiger partial charge is 0.492 e. The Labute approximate surface area is 182 Å². The van der Waals surface area contributed by atoms with Gasteiger partial charge >= 0.3 is 0 Å². The van der Waals surface area contributed by atoms with Gasteiger partial charge in [-0.2, -0.15) is 0 Å². The van der Waals surface area contributed by atoms with Crippen molar-refractivity contribution >= 4 is 17.6 Å². The van der Waals surface area contributed by atoms with Crippen LogP contribution in [0.3, 0.4) is 0 Å². The zero-order valence-electron chi connectivity index (χ0n) is 17.9. The first-order valence-electron chi connectivity index (χ1n) is 10.3. The Bertz CT molecular complexity index is 965. The number of nitrogens with one attached hydrogen (secondary N) is 3. The molecule has 0 aliphatic heterocycles. The van der Waals surface area contributed by atoms with E-state index >= 15 is 0 Å². The smallest absolute Gasteiger partial charge is 0.291 e. The molecule has 1 heterocycles. The zero-order chi connectivity index (χ0) is 21.9. The maximum Gasteiger partial charge on any atom is 0.291 e. The summed E-state index contributed by atoms with van der Waals surface area (Å²) in [5.41, 5.74) is 2.94. The third-order valence-electron chi connectivity index (χ3n) is 4.40. The van der Waals surface area contributed by atoms with E-state index in [-0.39, 0.29) is 11.7 Å². The van der Waals surface area contributed by atoms with E-state index in [1.165, 1.54) is 11.8 Å². The number of benzene rings is 2. The van der Waals surface area contributed by atoms with Crippen molar-refractivity contribution in [3.05, 3.63) is 83.8 Å². The average Bonchev–Trinajstić information content (AvgIpc) is 3.32. The standard InChI is InChI=1S/C24H28N4O3/c1-3-25-24(26-14-16-30-21-12-6-18(2)7-13-21)27-17-19-8-10-20(11-9-19)28-23(29)22-5-4-15-31-22/h4-13,15H,3,14,16-17H2,1-2H3,(H,28,29)(H2,25,26,27). The molecule has 1 amide bonds. The summed E-state index contributed by atoms with van der Waals surface area (Å²) in [4.78, 5) is 16.6. The maximum absolute atomic E-state index is 12.0. The molecule has 162 valence electrons. The van der Waals surface area contributed by atoms with Crippen molar-refractivity contribution in [3.63, 3.8) is 0 Å². The molecule has 0 aliphatic carbocycles. The van der Waals surface area contributed by atoms with Gasteiger partial charge in [0.15, 0.2) is 11.7 Å². The first kappa shape index (κ1) is 22.0. The lowest BCUT2D eigenvalue weighted by Gasteiger charge is -2.12. The number of amides is 1. The van der Waals surface area contributed by atoms with Crippen LogP contribution in [-0.2, 0) is 6.54 Å². The van der Waals surface area contributed by atoms with Crippen LogP contribution in [0.4, 0.5) is 5.69 Å². The predicted octanol–water partition coefficient (Wildman–Crippen LogP) is 3.97. The summed E-state index contributed by atoms with van der Waals surface area (Å²) in [6.07, 6.45) is 1.47. The Morgan fingerprint density at radius 3 is 2.48 bits per heavy atom. The van der Waals surface area contributed by atoms with Crippen molar-refractivity contribution in [2.75, 3.05) is 25.0 Å². The lowest BCUT2D eigenvalue weighted by atomic mass is 10.2. The normalized spacial score (nSPS) is 11.1. The fraction of sp³-hybridized carbons (Fsp3) is 0.250. The van der Waals surface area contributed by atoms with Gasteiger partial charge in [0, 0.05) is 12.2 Å². The molecule has 31 heavy (non-hydrogen) atoms. The van der Waals surface area contributed by atoms with Crippen LogP contribution in [0.25, 0.3) is 0 Å². The molecule has 7 heteroatoms. The van der Waals surface area contributed by atoms with E-state index in [9.17, 15) is 4.79 Å². The monoisotopic (exact) mass is 420 g/mol. The fourth-order valence-corrected chi connectivity index (χ4v) is 2.78. The molecule has 0 saturated carbocycles. The molecule has 0 spiro atoms. The number of hydrogen-bond donors (Lipinski definition) is 3. The highest BCUT2D eigenvalue weighted by Gasteiger charge is 2.08. The van der Waals surface area contributed by atoms with E-state index in [1.807, 2.05) is 55.5 Å². The molecule has 0 atom stereocenters. The number of carbonyl (C=O) groups is 1. The average molecular weight is 421 g/mol. The molecule has 3 aromatic rings. The lowest BCUT2D eigenvalue weighted by Crippen LogP contribution is -2.39. The summed E-state index contributed by atoms with van der Waals surface area (Å²) in [7, 11) is 0. The number of rotatable bonds is 9. The number of furan rings is 1. The quantitative estimate of drug-likeness (QED) is 0.277. The third-order valence-corrected chi connectivity index (χ3v) is 4.40. The number of nitrogens with zero attached hydrogens (tertiary/aromatic N) is 1. The number of aryl methyl sites for hydroxylation is 1. The first-order valence-corrected chi connectivity index (χ1v) is 10.3. The van der Waals surface area contributed by atoms with Gasteiger partial charge in [-0.1, -0.05) is 29.8 Å². The van der Waals surface area contributed by atoms with Gasteiger partial charge in [0.05, 0.1) is 19.4 Å². The summed E-state index contributed by atoms with van der Waals surface area (Å²) in [5, 5.41) is 9.30. The molecule has 2 aromatic carbocycles. The minimum Gasteiger partial charge on any atom is -0.492 e. The Hall–Kier alpha value is -3.74. The lowest BCUT2D eigenvalue weighted by molar-refractivity contribution is 0.0996. The van der Waals surface area contributed by atoms with Gasteiger partial charge in [-0.05, 0) is 55.8 Å². The van der Waals surface area contributed by atoms with Gasteiger partial charge < -0.3 is 25.1 Å². The fourth-order valence-electron chi connectivity index (χ4n) is 2.78. The molecule has 0 aliphatic rings. The second-order valence-electron chi connectivity index (χ2n) is 6.91. The predicted molar refractivity (Wildman–Crippen MR) is 123 cm³/mol. The van der Waals surface area contributed by atoms with E-state index in [2.05, 4.69) is 27.9 Å². The molecule has 7 nitrogen and oxygen atoms in total. The molecule has 0 fully saturated rings. The van der Waals surface area contributed by atoms with Crippen molar-refractivity contribution in [1.29, 1.82) is 0 Å². The number of hydrogen-bond acceptors (Lipinski definition) is 4. The Kier molecular flexibility index (Phi) is 8.11. The van der Waals surface area contributed by atoms with Gasteiger partial charge in [-0.3, -0.25) is 4.79 Å². The minimum atomic E-state index is -0.276. The summed E-state index contributed by atoms with van der Waals surface area (Å²) >= 11 is 0. The van der Waals surface area contributed by atoms with E-state index in [0.29, 0.717) is 25.4 Å². The molecule has 3 N–H and O–H groups in total. The van der Waals surface area contributed by atoms with Gasteiger partial charge in [-0.25, -0.2) is 4.99 Å². The molecule has 0 radical (unpaired) electrons. The second-order valence-corrected chi connectivity index (χ2v) is 6.91. The van der Waals surface area contributed by atoms with E-state index in [0.717, 1.165) is 23.8 Å². The van der Waals surface area contributed by atoms with Crippen molar-refractivity contribution in [1.82, 2.24) is 10.6 Å². The SMILES string of the molecule is CCNC(=NCc1ccc(NC(=O)c2ccco2)cc1)NCCOc1ccc(C)cc1. The summed E-state index contributed by atoms with van der Waals surface area (Å²) < 4.78 is 10.8. The number of ether oxygens (including phenoxy) is 1. The Balaban J connectivity index is 1.46. The number of guanidine groups is 1. The van der Waals surface area contributed by atoms with Crippen LogP contribution < -0.4 is 20.7 Å². The zero-order valence-corrected chi connectivity index (χ0v) is 17.9. The van der Waals surface area contributed by atoms with Crippen LogP contribution in [0.1, 0.15) is 28.6 Å². The Morgan fingerprint density at radius 1 is 1.03 bits per heavy atom. The van der Waals surface area contributed by atoms with Crippen LogP contribution in [0, 0.1) is 6.92 Å². The minimum absolute atomic E-state index is 0.276. The molecule has 0 unspecified atom stereocenters. The van der Waals surface area contributed by atoms with Gasteiger partial charge in [0.2, 0.25) is 0 Å². The van der Waals surface area contributed by atoms with Gasteiger partial charge in [0.25, 0.3) is 5.91 Å². The van der Waals surface area contributed by atoms with Crippen LogP contribution in [0.2, 0.25) is 0 Å². The molecule has 1 aromatic heterocycles. The molecule has 0 saturated heterocycles. The van der Waals surface area contributed by atoms with Gasteiger partial charge in [0.1, 0.15) is 12.4 Å².